The highest BCUT2D eigenvalue weighted by atomic mass is 32.2. The average Bonchev–Trinajstić information content (AvgIpc) is 3.16. The van der Waals surface area contributed by atoms with Crippen LogP contribution in [0, 0.1) is 0 Å². The first-order valence-electron chi connectivity index (χ1n) is 11.1. The lowest BCUT2D eigenvalue weighted by Crippen LogP contribution is -2.17. The zero-order valence-corrected chi connectivity index (χ0v) is 21.4. The molecule has 4 rings (SSSR count). The predicted octanol–water partition coefficient (Wildman–Crippen LogP) is 3.69. The minimum absolute atomic E-state index is 0.234. The number of aromatic nitrogens is 4. The van der Waals surface area contributed by atoms with Crippen LogP contribution in [0.1, 0.15) is 24.5 Å². The van der Waals surface area contributed by atoms with Crippen LogP contribution in [0.25, 0.3) is 11.2 Å². The highest BCUT2D eigenvalue weighted by Crippen LogP contribution is 2.24. The van der Waals surface area contributed by atoms with Crippen molar-refractivity contribution in [2.75, 3.05) is 24.4 Å². The van der Waals surface area contributed by atoms with Gasteiger partial charge in [-0.2, -0.15) is 0 Å². The summed E-state index contributed by atoms with van der Waals surface area (Å²) in [6.07, 6.45) is 2.13. The molecule has 0 unspecified atom stereocenters. The number of anilines is 1. The molecule has 2 heterocycles. The normalized spacial score (nSPS) is 11.6. The Morgan fingerprint density at radius 2 is 1.74 bits per heavy atom. The van der Waals surface area contributed by atoms with Crippen molar-refractivity contribution in [1.82, 2.24) is 19.5 Å². The molecule has 0 spiro atoms. The lowest BCUT2D eigenvalue weighted by molar-refractivity contribution is 0.414. The Hall–Kier alpha value is -3.31. The van der Waals surface area contributed by atoms with Gasteiger partial charge in [-0.1, -0.05) is 43.0 Å². The number of rotatable bonds is 10. The number of benzene rings is 2. The highest BCUT2D eigenvalue weighted by molar-refractivity contribution is 7.99. The van der Waals surface area contributed by atoms with E-state index in [-0.39, 0.29) is 17.1 Å². The first-order valence-corrected chi connectivity index (χ1v) is 14.0. The molecule has 0 saturated heterocycles. The van der Waals surface area contributed by atoms with Crippen LogP contribution in [0.3, 0.4) is 0 Å². The van der Waals surface area contributed by atoms with Crippen LogP contribution in [-0.2, 0) is 22.9 Å². The van der Waals surface area contributed by atoms with Crippen LogP contribution in [0.5, 0.6) is 5.75 Å². The number of ether oxygens (including phenoxy) is 1. The van der Waals surface area contributed by atoms with Gasteiger partial charge in [0, 0.05) is 18.6 Å². The van der Waals surface area contributed by atoms with Crippen LogP contribution in [0.2, 0.25) is 0 Å². The van der Waals surface area contributed by atoms with Gasteiger partial charge < -0.3 is 15.0 Å². The third kappa shape index (κ3) is 5.85. The molecule has 9 nitrogen and oxygen atoms in total. The maximum absolute atomic E-state index is 12.9. The molecule has 35 heavy (non-hydrogen) atoms. The Morgan fingerprint density at radius 1 is 1.06 bits per heavy atom. The first kappa shape index (κ1) is 24.8. The molecule has 2 aromatic heterocycles. The van der Waals surface area contributed by atoms with Gasteiger partial charge in [0.25, 0.3) is 0 Å². The van der Waals surface area contributed by atoms with Crippen molar-refractivity contribution in [3.63, 3.8) is 0 Å². The quantitative estimate of drug-likeness (QED) is 0.243. The Kier molecular flexibility index (Phi) is 7.46. The van der Waals surface area contributed by atoms with Gasteiger partial charge in [-0.05, 0) is 41.8 Å². The van der Waals surface area contributed by atoms with E-state index >= 15 is 0 Å². The van der Waals surface area contributed by atoms with Crippen molar-refractivity contribution in [2.24, 2.45) is 0 Å². The lowest BCUT2D eigenvalue weighted by Gasteiger charge is -2.10. The van der Waals surface area contributed by atoms with Gasteiger partial charge in [0.1, 0.15) is 11.3 Å². The van der Waals surface area contributed by atoms with Gasteiger partial charge in [-0.15, -0.1) is 0 Å². The summed E-state index contributed by atoms with van der Waals surface area (Å²) in [4.78, 5) is 25.3. The molecule has 4 aromatic rings. The maximum Gasteiger partial charge on any atom is 0.328 e. The number of nitrogens with one attached hydrogen (secondary N) is 2. The molecule has 2 N–H and O–H groups in total. The fraction of sp³-hybridized carbons (Fsp3) is 0.292. The molecular weight excluding hydrogens is 486 g/mol. The van der Waals surface area contributed by atoms with Crippen molar-refractivity contribution in [3.8, 4) is 5.75 Å². The number of H-pyrrole nitrogens is 1. The van der Waals surface area contributed by atoms with E-state index in [9.17, 15) is 13.2 Å². The van der Waals surface area contributed by atoms with E-state index in [2.05, 4.69) is 27.2 Å². The van der Waals surface area contributed by atoms with Crippen LogP contribution < -0.4 is 15.7 Å². The average molecular weight is 514 g/mol. The number of methoxy groups -OCH3 is 1. The fourth-order valence-electron chi connectivity index (χ4n) is 3.50. The molecular formula is C24H27N5O4S2. The van der Waals surface area contributed by atoms with E-state index in [1.54, 1.807) is 35.9 Å². The maximum atomic E-state index is 12.9. The van der Waals surface area contributed by atoms with Crippen molar-refractivity contribution >= 4 is 38.6 Å². The second kappa shape index (κ2) is 10.5. The van der Waals surface area contributed by atoms with Gasteiger partial charge in [-0.25, -0.2) is 23.2 Å². The summed E-state index contributed by atoms with van der Waals surface area (Å²) in [7, 11) is -1.66. The molecule has 0 saturated carbocycles. The molecule has 0 radical (unpaired) electrons. The molecule has 11 heteroatoms. The number of aromatic amines is 1. The van der Waals surface area contributed by atoms with E-state index in [1.807, 2.05) is 24.3 Å². The molecule has 0 bridgehead atoms. The summed E-state index contributed by atoms with van der Waals surface area (Å²) >= 11 is 1.53. The highest BCUT2D eigenvalue weighted by Gasteiger charge is 2.16. The molecule has 0 atom stereocenters. The monoisotopic (exact) mass is 513 g/mol. The zero-order valence-electron chi connectivity index (χ0n) is 19.7. The number of thioether (sulfide) groups is 1. The molecule has 0 aliphatic rings. The number of imidazole rings is 1. The summed E-state index contributed by atoms with van der Waals surface area (Å²) in [6.45, 7) is 2.84. The number of fused-ring (bicyclic) bond motifs is 1. The summed E-state index contributed by atoms with van der Waals surface area (Å²) in [5.74, 6) is 2.18. The van der Waals surface area contributed by atoms with E-state index in [4.69, 9.17) is 4.74 Å². The van der Waals surface area contributed by atoms with Crippen LogP contribution in [-0.4, -0.2) is 47.1 Å². The minimum Gasteiger partial charge on any atom is -0.497 e. The molecule has 2 aromatic carbocycles. The number of hydrogen-bond donors (Lipinski definition) is 2. The largest absolute Gasteiger partial charge is 0.497 e. The molecule has 0 aliphatic carbocycles. The molecule has 184 valence electrons. The Morgan fingerprint density at radius 3 is 2.37 bits per heavy atom. The molecule has 0 aliphatic heterocycles. The second-order valence-corrected chi connectivity index (χ2v) is 11.1. The summed E-state index contributed by atoms with van der Waals surface area (Å²) in [5, 5.41) is 3.91. The SMILES string of the molecule is CCCSc1nc(NCc2ccc(OC)cc2)c2[nH]c(=O)n(Cc3ccc(S(C)(=O)=O)cc3)c2n1. The van der Waals surface area contributed by atoms with Crippen LogP contribution in [0.15, 0.2) is 63.4 Å². The smallest absolute Gasteiger partial charge is 0.328 e. The van der Waals surface area contributed by atoms with Crippen molar-refractivity contribution < 1.29 is 13.2 Å². The van der Waals surface area contributed by atoms with Crippen molar-refractivity contribution in [1.29, 1.82) is 0 Å². The predicted molar refractivity (Wildman–Crippen MR) is 138 cm³/mol. The van der Waals surface area contributed by atoms with E-state index in [0.717, 1.165) is 29.1 Å². The first-order chi connectivity index (χ1) is 16.8. The Labute approximate surface area is 207 Å². The number of sulfone groups is 1. The van der Waals surface area contributed by atoms with E-state index < -0.39 is 9.84 Å². The van der Waals surface area contributed by atoms with E-state index in [1.165, 1.54) is 18.0 Å². The Bertz CT molecular complexity index is 1480. The zero-order chi connectivity index (χ0) is 25.0. The number of hydrogen-bond acceptors (Lipinski definition) is 8. The number of nitrogens with zero attached hydrogens (tertiary/aromatic N) is 3. The molecule has 0 amide bonds. The Balaban J connectivity index is 1.68. The van der Waals surface area contributed by atoms with Crippen LogP contribution >= 0.6 is 11.8 Å². The third-order valence-electron chi connectivity index (χ3n) is 5.35. The fourth-order valence-corrected chi connectivity index (χ4v) is 4.82. The van der Waals surface area contributed by atoms with Gasteiger partial charge >= 0.3 is 5.69 Å². The standard InChI is InChI=1S/C24H27N5O4S2/c1-4-13-34-23-27-21(25-14-16-5-9-18(33-2)10-6-16)20-22(28-23)29(24(30)26-20)15-17-7-11-19(12-8-17)35(3,31)32/h5-12H,4,13-15H2,1-3H3,(H,26,30)(H,25,27,28). The van der Waals surface area contributed by atoms with Crippen LogP contribution in [0.4, 0.5) is 5.82 Å². The van der Waals surface area contributed by atoms with Gasteiger partial charge in [0.05, 0.1) is 18.6 Å². The van der Waals surface area contributed by atoms with Gasteiger partial charge in [0.15, 0.2) is 26.5 Å². The second-order valence-electron chi connectivity index (χ2n) is 8.04. The van der Waals surface area contributed by atoms with E-state index in [0.29, 0.717) is 28.7 Å². The molecule has 0 fully saturated rings. The summed E-state index contributed by atoms with van der Waals surface area (Å²) < 4.78 is 30.3. The topological polar surface area (TPSA) is 119 Å². The summed E-state index contributed by atoms with van der Waals surface area (Å²) in [6, 6.07) is 14.2. The van der Waals surface area contributed by atoms with Gasteiger partial charge in [0.2, 0.25) is 0 Å². The third-order valence-corrected chi connectivity index (χ3v) is 7.53. The lowest BCUT2D eigenvalue weighted by atomic mass is 10.2. The summed E-state index contributed by atoms with van der Waals surface area (Å²) in [5.41, 5.74) is 2.53. The van der Waals surface area contributed by atoms with Crippen molar-refractivity contribution in [3.05, 3.63) is 70.1 Å². The van der Waals surface area contributed by atoms with Crippen molar-refractivity contribution in [2.45, 2.75) is 36.5 Å². The van der Waals surface area contributed by atoms with Gasteiger partial charge in [-0.3, -0.25) is 4.57 Å². The minimum atomic E-state index is -3.29.